The first-order valence-corrected chi connectivity index (χ1v) is 10.1. The van der Waals surface area contributed by atoms with Crippen LogP contribution in [0, 0.1) is 5.92 Å². The summed E-state index contributed by atoms with van der Waals surface area (Å²) in [6.45, 7) is 6.81. The smallest absolute Gasteiger partial charge is 0.422 e. The predicted molar refractivity (Wildman–Crippen MR) is 107 cm³/mol. The summed E-state index contributed by atoms with van der Waals surface area (Å²) < 4.78 is 52.6. The third-order valence-corrected chi connectivity index (χ3v) is 4.63. The third-order valence-electron chi connectivity index (χ3n) is 4.63. The molecule has 1 fully saturated rings. The highest BCUT2D eigenvalue weighted by Crippen LogP contribution is 2.30. The van der Waals surface area contributed by atoms with Crippen molar-refractivity contribution in [2.75, 3.05) is 46.5 Å². The van der Waals surface area contributed by atoms with Crippen LogP contribution in [0.3, 0.4) is 0 Å². The topological polar surface area (TPSA) is 60.0 Å². The van der Waals surface area contributed by atoms with E-state index >= 15 is 0 Å². The number of aryl methyl sites for hydroxylation is 1. The second-order valence-corrected chi connectivity index (χ2v) is 7.84. The summed E-state index contributed by atoms with van der Waals surface area (Å²) in [5.74, 6) is 0.706. The van der Waals surface area contributed by atoms with Gasteiger partial charge in [-0.25, -0.2) is 0 Å². The summed E-state index contributed by atoms with van der Waals surface area (Å²) in [7, 11) is 1.36. The first kappa shape index (κ1) is 24.3. The van der Waals surface area contributed by atoms with Crippen LogP contribution in [-0.2, 0) is 16.0 Å². The number of carbonyl (C=O) groups is 1. The number of ether oxygens (including phenoxy) is 3. The number of hydrogen-bond acceptors (Lipinski definition) is 5. The number of carbonyl (C=O) groups excluding carboxylic acids is 1. The molecule has 6 nitrogen and oxygen atoms in total. The van der Waals surface area contributed by atoms with Crippen LogP contribution in [0.25, 0.3) is 0 Å². The highest BCUT2D eigenvalue weighted by Gasteiger charge is 2.29. The number of hydrogen-bond donors (Lipinski definition) is 1. The Morgan fingerprint density at radius 1 is 1.33 bits per heavy atom. The lowest BCUT2D eigenvalue weighted by atomic mass is 10.1. The van der Waals surface area contributed by atoms with E-state index < -0.39 is 12.8 Å². The molecule has 0 aliphatic carbocycles. The lowest BCUT2D eigenvalue weighted by Gasteiger charge is -2.33. The van der Waals surface area contributed by atoms with Gasteiger partial charge in [-0.15, -0.1) is 0 Å². The van der Waals surface area contributed by atoms with Crippen molar-refractivity contribution in [2.24, 2.45) is 5.92 Å². The van der Waals surface area contributed by atoms with Gasteiger partial charge in [0, 0.05) is 32.6 Å². The van der Waals surface area contributed by atoms with Crippen molar-refractivity contribution in [3.8, 4) is 11.5 Å². The van der Waals surface area contributed by atoms with E-state index in [2.05, 4.69) is 24.1 Å². The van der Waals surface area contributed by atoms with Crippen LogP contribution >= 0.6 is 0 Å². The Kier molecular flexibility index (Phi) is 9.23. The number of methoxy groups -OCH3 is 1. The van der Waals surface area contributed by atoms with Gasteiger partial charge < -0.3 is 19.5 Å². The van der Waals surface area contributed by atoms with Crippen LogP contribution in [0.1, 0.15) is 25.8 Å². The molecular formula is C21H31F3N2O4. The van der Waals surface area contributed by atoms with E-state index in [0.717, 1.165) is 25.2 Å². The maximum absolute atomic E-state index is 12.3. The van der Waals surface area contributed by atoms with Crippen molar-refractivity contribution in [1.29, 1.82) is 0 Å². The molecule has 1 aromatic rings. The zero-order chi connectivity index (χ0) is 22.1. The molecule has 30 heavy (non-hydrogen) atoms. The molecule has 2 rings (SSSR count). The molecule has 1 aromatic carbocycles. The maximum Gasteiger partial charge on any atom is 0.422 e. The van der Waals surface area contributed by atoms with Crippen molar-refractivity contribution < 1.29 is 32.2 Å². The fraction of sp³-hybridized carbons (Fsp3) is 0.667. The summed E-state index contributed by atoms with van der Waals surface area (Å²) in [6, 6.07) is 4.65. The largest absolute Gasteiger partial charge is 0.493 e. The number of alkyl halides is 3. The normalized spacial score (nSPS) is 17.8. The van der Waals surface area contributed by atoms with Gasteiger partial charge in [-0.2, -0.15) is 13.2 Å². The number of nitrogens with one attached hydrogen (secondary N) is 1. The van der Waals surface area contributed by atoms with E-state index in [1.54, 1.807) is 12.1 Å². The van der Waals surface area contributed by atoms with Gasteiger partial charge in [0.1, 0.15) is 0 Å². The van der Waals surface area contributed by atoms with E-state index in [9.17, 15) is 18.0 Å². The van der Waals surface area contributed by atoms with E-state index in [4.69, 9.17) is 14.2 Å². The lowest BCUT2D eigenvalue weighted by molar-refractivity contribution is -0.153. The zero-order valence-corrected chi connectivity index (χ0v) is 17.8. The summed E-state index contributed by atoms with van der Waals surface area (Å²) in [5, 5.41) is 2.90. The molecule has 0 spiro atoms. The van der Waals surface area contributed by atoms with E-state index in [0.29, 0.717) is 25.5 Å². The minimum Gasteiger partial charge on any atom is -0.493 e. The van der Waals surface area contributed by atoms with E-state index in [1.165, 1.54) is 13.2 Å². The van der Waals surface area contributed by atoms with Crippen LogP contribution in [-0.4, -0.2) is 69.6 Å². The molecule has 0 aromatic heterocycles. The predicted octanol–water partition coefficient (Wildman–Crippen LogP) is 3.04. The second kappa shape index (κ2) is 11.4. The Labute approximate surface area is 175 Å². The molecule has 1 N–H and O–H groups in total. The standard InChI is InChI=1S/C21H31F3N2O4/c1-15(2)12-26-8-9-29-17(13-26)11-25-20(27)7-5-16-4-6-18(19(10-16)28-3)30-14-21(22,23)24/h4,6,10,15,17H,5,7-9,11-14H2,1-3H3,(H,25,27). The average Bonchev–Trinajstić information content (AvgIpc) is 2.68. The van der Waals surface area contributed by atoms with Crippen LogP contribution in [0.5, 0.6) is 11.5 Å². The second-order valence-electron chi connectivity index (χ2n) is 7.84. The van der Waals surface area contributed by atoms with Crippen LogP contribution in [0.2, 0.25) is 0 Å². The fourth-order valence-electron chi connectivity index (χ4n) is 3.31. The van der Waals surface area contributed by atoms with Crippen molar-refractivity contribution in [1.82, 2.24) is 10.2 Å². The monoisotopic (exact) mass is 432 g/mol. The van der Waals surface area contributed by atoms with Gasteiger partial charge in [-0.3, -0.25) is 9.69 Å². The molecule has 1 aliphatic rings. The molecule has 1 saturated heterocycles. The van der Waals surface area contributed by atoms with Crippen molar-refractivity contribution in [3.05, 3.63) is 23.8 Å². The molecule has 0 saturated carbocycles. The first-order chi connectivity index (χ1) is 14.2. The fourth-order valence-corrected chi connectivity index (χ4v) is 3.31. The Hall–Kier alpha value is -2.00. The molecular weight excluding hydrogens is 401 g/mol. The van der Waals surface area contributed by atoms with Gasteiger partial charge in [0.25, 0.3) is 0 Å². The summed E-state index contributed by atoms with van der Waals surface area (Å²) in [4.78, 5) is 14.5. The number of rotatable bonds is 10. The number of morpholine rings is 1. The Bertz CT molecular complexity index is 683. The Morgan fingerprint density at radius 2 is 2.10 bits per heavy atom. The minimum atomic E-state index is -4.42. The van der Waals surface area contributed by atoms with E-state index in [1.807, 2.05) is 0 Å². The summed E-state index contributed by atoms with van der Waals surface area (Å²) >= 11 is 0. The van der Waals surface area contributed by atoms with Gasteiger partial charge in [0.2, 0.25) is 5.91 Å². The van der Waals surface area contributed by atoms with Gasteiger partial charge in [-0.1, -0.05) is 19.9 Å². The van der Waals surface area contributed by atoms with E-state index in [-0.39, 0.29) is 29.9 Å². The van der Waals surface area contributed by atoms with Gasteiger partial charge in [0.05, 0.1) is 19.8 Å². The minimum absolute atomic E-state index is 0.0171. The van der Waals surface area contributed by atoms with Gasteiger partial charge >= 0.3 is 6.18 Å². The molecule has 0 bridgehead atoms. The van der Waals surface area contributed by atoms with Gasteiger partial charge in [0.15, 0.2) is 18.1 Å². The molecule has 1 heterocycles. The maximum atomic E-state index is 12.3. The van der Waals surface area contributed by atoms with Crippen LogP contribution < -0.4 is 14.8 Å². The first-order valence-electron chi connectivity index (χ1n) is 10.1. The molecule has 1 unspecified atom stereocenters. The zero-order valence-electron chi connectivity index (χ0n) is 17.8. The molecule has 170 valence electrons. The van der Waals surface area contributed by atoms with Crippen LogP contribution in [0.15, 0.2) is 18.2 Å². The molecule has 9 heteroatoms. The highest BCUT2D eigenvalue weighted by atomic mass is 19.4. The summed E-state index contributed by atoms with van der Waals surface area (Å²) in [5.41, 5.74) is 0.776. The number of benzene rings is 1. The quantitative estimate of drug-likeness (QED) is 0.616. The summed E-state index contributed by atoms with van der Waals surface area (Å²) in [6.07, 6.45) is -3.75. The molecule has 1 atom stereocenters. The molecule has 1 aliphatic heterocycles. The van der Waals surface area contributed by atoms with Gasteiger partial charge in [-0.05, 0) is 30.0 Å². The molecule has 1 amide bonds. The van der Waals surface area contributed by atoms with Crippen molar-refractivity contribution >= 4 is 5.91 Å². The average molecular weight is 432 g/mol. The number of amides is 1. The number of halogens is 3. The van der Waals surface area contributed by atoms with Crippen LogP contribution in [0.4, 0.5) is 13.2 Å². The highest BCUT2D eigenvalue weighted by molar-refractivity contribution is 5.76. The SMILES string of the molecule is COc1cc(CCC(=O)NCC2CN(CC(C)C)CCO2)ccc1OCC(F)(F)F. The lowest BCUT2D eigenvalue weighted by Crippen LogP contribution is -2.48. The molecule has 0 radical (unpaired) electrons. The Morgan fingerprint density at radius 3 is 2.77 bits per heavy atom. The number of nitrogens with zero attached hydrogens (tertiary/aromatic N) is 1. The Balaban J connectivity index is 1.77. The third kappa shape index (κ3) is 8.79. The van der Waals surface area contributed by atoms with Crippen molar-refractivity contribution in [3.63, 3.8) is 0 Å². The van der Waals surface area contributed by atoms with Crippen molar-refractivity contribution in [2.45, 2.75) is 39.0 Å².